The van der Waals surface area contributed by atoms with Gasteiger partial charge in [-0.25, -0.2) is 0 Å². The maximum atomic E-state index is 11.8. The molecule has 0 saturated carbocycles. The van der Waals surface area contributed by atoms with Crippen molar-refractivity contribution in [3.05, 3.63) is 36.2 Å². The van der Waals surface area contributed by atoms with Crippen molar-refractivity contribution in [2.45, 2.75) is 6.92 Å². The highest BCUT2D eigenvalue weighted by Gasteiger charge is 2.16. The third-order valence-electron chi connectivity index (χ3n) is 2.78. The largest absolute Gasteiger partial charge is 0.360 e. The predicted octanol–water partition coefficient (Wildman–Crippen LogP) is 1.44. The number of aromatic nitrogens is 3. The van der Waals surface area contributed by atoms with Crippen molar-refractivity contribution < 1.29 is 14.1 Å². The maximum absolute atomic E-state index is 11.8. The van der Waals surface area contributed by atoms with Crippen LogP contribution >= 0.6 is 0 Å². The van der Waals surface area contributed by atoms with E-state index in [-0.39, 0.29) is 5.82 Å². The fraction of sp³-hybridized carbons (Fsp3) is 0.0769. The van der Waals surface area contributed by atoms with Gasteiger partial charge in [0.05, 0.1) is 11.7 Å². The smallest absolute Gasteiger partial charge is 0.315 e. The summed E-state index contributed by atoms with van der Waals surface area (Å²) in [7, 11) is 0. The third-order valence-corrected chi connectivity index (χ3v) is 2.78. The summed E-state index contributed by atoms with van der Waals surface area (Å²) in [6.45, 7) is 1.68. The minimum atomic E-state index is -0.826. The fourth-order valence-corrected chi connectivity index (χ4v) is 1.80. The van der Waals surface area contributed by atoms with E-state index < -0.39 is 11.8 Å². The molecule has 0 aliphatic heterocycles. The lowest BCUT2D eigenvalue weighted by Crippen LogP contribution is -2.29. The molecule has 0 atom stereocenters. The summed E-state index contributed by atoms with van der Waals surface area (Å²) in [5, 5.41) is 16.0. The Hall–Kier alpha value is -3.16. The van der Waals surface area contributed by atoms with Crippen LogP contribution in [0.2, 0.25) is 0 Å². The second kappa shape index (κ2) is 5.08. The van der Waals surface area contributed by atoms with Crippen molar-refractivity contribution in [1.29, 1.82) is 0 Å². The first-order valence-electron chi connectivity index (χ1n) is 6.10. The van der Waals surface area contributed by atoms with Gasteiger partial charge >= 0.3 is 11.8 Å². The lowest BCUT2D eigenvalue weighted by molar-refractivity contribution is -0.133. The molecule has 0 radical (unpaired) electrons. The summed E-state index contributed by atoms with van der Waals surface area (Å²) >= 11 is 0. The molecule has 21 heavy (non-hydrogen) atoms. The van der Waals surface area contributed by atoms with Crippen LogP contribution in [0.1, 0.15) is 5.76 Å². The quantitative estimate of drug-likeness (QED) is 0.616. The number of anilines is 2. The number of H-pyrrole nitrogens is 1. The van der Waals surface area contributed by atoms with Crippen LogP contribution in [0.25, 0.3) is 10.9 Å². The molecule has 0 fully saturated rings. The maximum Gasteiger partial charge on any atom is 0.315 e. The van der Waals surface area contributed by atoms with Gasteiger partial charge in [0.2, 0.25) is 0 Å². The molecule has 2 amide bonds. The molecule has 0 aliphatic rings. The molecule has 0 aliphatic carbocycles. The van der Waals surface area contributed by atoms with Gasteiger partial charge in [0, 0.05) is 17.1 Å². The number of carbonyl (C=O) groups excluding carboxylic acids is 2. The predicted molar refractivity (Wildman–Crippen MR) is 74.6 cm³/mol. The molecule has 0 bridgehead atoms. The molecule has 0 unspecified atom stereocenters. The lowest BCUT2D eigenvalue weighted by Gasteiger charge is -2.04. The second-order valence-corrected chi connectivity index (χ2v) is 4.40. The first kappa shape index (κ1) is 12.9. The Morgan fingerprint density at radius 2 is 2.00 bits per heavy atom. The minimum absolute atomic E-state index is 0.191. The summed E-state index contributed by atoms with van der Waals surface area (Å²) < 4.78 is 4.80. The van der Waals surface area contributed by atoms with Crippen LogP contribution < -0.4 is 10.6 Å². The number of rotatable bonds is 2. The number of nitrogens with zero attached hydrogens (tertiary/aromatic N) is 2. The van der Waals surface area contributed by atoms with Gasteiger partial charge in [0.1, 0.15) is 5.76 Å². The topological polar surface area (TPSA) is 113 Å². The number of nitrogens with one attached hydrogen (secondary N) is 3. The van der Waals surface area contributed by atoms with Crippen LogP contribution in [0.15, 0.2) is 35.0 Å². The number of hydrogen-bond donors (Lipinski definition) is 3. The highest BCUT2D eigenvalue weighted by molar-refractivity contribution is 6.43. The van der Waals surface area contributed by atoms with E-state index in [9.17, 15) is 9.59 Å². The number of carbonyl (C=O) groups is 2. The molecule has 8 heteroatoms. The molecule has 2 aromatic heterocycles. The van der Waals surface area contributed by atoms with E-state index >= 15 is 0 Å². The molecule has 0 spiro atoms. The van der Waals surface area contributed by atoms with Gasteiger partial charge in [-0.3, -0.25) is 20.0 Å². The van der Waals surface area contributed by atoms with Gasteiger partial charge in [0.25, 0.3) is 0 Å². The van der Waals surface area contributed by atoms with Crippen LogP contribution in [0.3, 0.4) is 0 Å². The highest BCUT2D eigenvalue weighted by atomic mass is 16.5. The standard InChI is InChI=1S/C13H11N5O3/c1-7-4-11(18-21-7)16-13(20)12(19)15-9-3-2-8-6-14-17-10(8)5-9/h2-6H,1H3,(H,14,17)(H,15,19)(H,16,18,20). The van der Waals surface area contributed by atoms with Gasteiger partial charge < -0.3 is 9.84 Å². The van der Waals surface area contributed by atoms with Crippen LogP contribution in [0.4, 0.5) is 11.5 Å². The molecule has 3 aromatic rings. The molecule has 8 nitrogen and oxygen atoms in total. The van der Waals surface area contributed by atoms with E-state index in [1.807, 2.05) is 0 Å². The molecule has 2 heterocycles. The van der Waals surface area contributed by atoms with Crippen LogP contribution in [0.5, 0.6) is 0 Å². The second-order valence-electron chi connectivity index (χ2n) is 4.40. The van der Waals surface area contributed by atoms with Gasteiger partial charge in [-0.15, -0.1) is 0 Å². The van der Waals surface area contributed by atoms with E-state index in [0.29, 0.717) is 11.4 Å². The molecule has 3 rings (SSSR count). The zero-order valence-electron chi connectivity index (χ0n) is 11.0. The molecular formula is C13H11N5O3. The summed E-state index contributed by atoms with van der Waals surface area (Å²) in [4.78, 5) is 23.5. The van der Waals surface area contributed by atoms with E-state index in [2.05, 4.69) is 26.0 Å². The zero-order chi connectivity index (χ0) is 14.8. The number of amides is 2. The number of benzene rings is 1. The van der Waals surface area contributed by atoms with Gasteiger partial charge in [-0.1, -0.05) is 5.16 Å². The number of aryl methyl sites for hydroxylation is 1. The van der Waals surface area contributed by atoms with Crippen molar-refractivity contribution in [2.24, 2.45) is 0 Å². The fourth-order valence-electron chi connectivity index (χ4n) is 1.80. The minimum Gasteiger partial charge on any atom is -0.360 e. The first-order chi connectivity index (χ1) is 10.1. The van der Waals surface area contributed by atoms with Crippen LogP contribution in [-0.4, -0.2) is 27.2 Å². The Morgan fingerprint density at radius 3 is 2.76 bits per heavy atom. The SMILES string of the molecule is Cc1cc(NC(=O)C(=O)Nc2ccc3cn[nH]c3c2)no1. The average Bonchev–Trinajstić information content (AvgIpc) is 3.07. The summed E-state index contributed by atoms with van der Waals surface area (Å²) in [6, 6.07) is 6.67. The summed E-state index contributed by atoms with van der Waals surface area (Å²) in [5.74, 6) is -0.894. The average molecular weight is 285 g/mol. The lowest BCUT2D eigenvalue weighted by atomic mass is 10.2. The number of aromatic amines is 1. The van der Waals surface area contributed by atoms with Crippen molar-refractivity contribution in [3.63, 3.8) is 0 Å². The van der Waals surface area contributed by atoms with Crippen molar-refractivity contribution in [2.75, 3.05) is 10.6 Å². The third kappa shape index (κ3) is 2.73. The van der Waals surface area contributed by atoms with Crippen LogP contribution in [0, 0.1) is 6.92 Å². The Labute approximate surface area is 118 Å². The Bertz CT molecular complexity index is 820. The molecule has 3 N–H and O–H groups in total. The first-order valence-corrected chi connectivity index (χ1v) is 6.10. The van der Waals surface area contributed by atoms with Gasteiger partial charge in [-0.05, 0) is 25.1 Å². The Morgan fingerprint density at radius 1 is 1.19 bits per heavy atom. The monoisotopic (exact) mass is 285 g/mol. The molecule has 0 saturated heterocycles. The van der Waals surface area contributed by atoms with Gasteiger partial charge in [0.15, 0.2) is 5.82 Å². The van der Waals surface area contributed by atoms with E-state index in [1.54, 1.807) is 31.3 Å². The molecule has 1 aromatic carbocycles. The van der Waals surface area contributed by atoms with Crippen LogP contribution in [-0.2, 0) is 9.59 Å². The van der Waals surface area contributed by atoms with Crippen molar-refractivity contribution >= 4 is 34.2 Å². The summed E-state index contributed by atoms with van der Waals surface area (Å²) in [5.41, 5.74) is 1.25. The van der Waals surface area contributed by atoms with E-state index in [1.165, 1.54) is 6.07 Å². The van der Waals surface area contributed by atoms with Gasteiger partial charge in [-0.2, -0.15) is 5.10 Å². The number of fused-ring (bicyclic) bond motifs is 1. The zero-order valence-corrected chi connectivity index (χ0v) is 11.0. The normalized spacial score (nSPS) is 10.5. The van der Waals surface area contributed by atoms with E-state index in [0.717, 1.165) is 10.9 Å². The molecule has 106 valence electrons. The number of hydrogen-bond acceptors (Lipinski definition) is 5. The molecular weight excluding hydrogens is 274 g/mol. The van der Waals surface area contributed by atoms with Crippen molar-refractivity contribution in [3.8, 4) is 0 Å². The Kier molecular flexibility index (Phi) is 3.11. The Balaban J connectivity index is 1.68. The summed E-state index contributed by atoms with van der Waals surface area (Å²) in [6.07, 6.45) is 1.67. The highest BCUT2D eigenvalue weighted by Crippen LogP contribution is 2.16. The van der Waals surface area contributed by atoms with Crippen molar-refractivity contribution in [1.82, 2.24) is 15.4 Å². The van der Waals surface area contributed by atoms with E-state index in [4.69, 9.17) is 4.52 Å².